The van der Waals surface area contributed by atoms with Crippen molar-refractivity contribution in [2.24, 2.45) is 0 Å². The number of fused-ring (bicyclic) bond motifs is 1. The predicted molar refractivity (Wildman–Crippen MR) is 98.0 cm³/mol. The Balaban J connectivity index is 1.99. The number of Topliss-reactive ketones (excluding diaryl/α,β-unsaturated/α-hetero) is 1. The van der Waals surface area contributed by atoms with Crippen molar-refractivity contribution in [3.8, 4) is 5.75 Å². The molecule has 0 aliphatic heterocycles. The molecular formula is C19H16BrF2NO3. The molecule has 136 valence electrons. The number of aromatic nitrogens is 1. The van der Waals surface area contributed by atoms with Gasteiger partial charge in [-0.25, -0.2) is 8.78 Å². The van der Waals surface area contributed by atoms with Crippen LogP contribution in [0.1, 0.15) is 26.3 Å². The maximum Gasteiger partial charge on any atom is 0.183 e. The Bertz CT molecular complexity index is 971. The van der Waals surface area contributed by atoms with E-state index in [0.717, 1.165) is 0 Å². The van der Waals surface area contributed by atoms with Crippen LogP contribution in [0, 0.1) is 18.6 Å². The Morgan fingerprint density at radius 1 is 1.31 bits per heavy atom. The molecule has 3 aromatic rings. The number of ether oxygens (including phenoxy) is 1. The fraction of sp³-hybridized carbons (Fsp3) is 0.211. The molecule has 0 bridgehead atoms. The van der Waals surface area contributed by atoms with Crippen molar-refractivity contribution < 1.29 is 23.4 Å². The lowest BCUT2D eigenvalue weighted by Gasteiger charge is -2.15. The van der Waals surface area contributed by atoms with E-state index in [2.05, 4.69) is 20.9 Å². The number of aliphatic hydroxyl groups is 1. The largest absolute Gasteiger partial charge is 0.491 e. The van der Waals surface area contributed by atoms with Crippen LogP contribution in [0.2, 0.25) is 0 Å². The van der Waals surface area contributed by atoms with Gasteiger partial charge < -0.3 is 14.8 Å². The zero-order chi connectivity index (χ0) is 18.8. The number of nitrogens with one attached hydrogen (secondary N) is 1. The monoisotopic (exact) mass is 423 g/mol. The standard InChI is InChI=1S/C19H16BrF2NO3/c1-10-6-13-14(9-23-16(13)8-15(10)22)19(25)18(20)12-3-2-11(21)7-17(12)26-5-4-24/h2-3,6-9,18,23-24H,4-5H2,1H3. The molecule has 3 rings (SSSR count). The van der Waals surface area contributed by atoms with Gasteiger partial charge in [0.25, 0.3) is 0 Å². The summed E-state index contributed by atoms with van der Waals surface area (Å²) in [5.74, 6) is -0.960. The van der Waals surface area contributed by atoms with Crippen molar-refractivity contribution in [3.05, 3.63) is 64.9 Å². The first-order chi connectivity index (χ1) is 12.4. The summed E-state index contributed by atoms with van der Waals surface area (Å²) in [4.78, 5) is 15.1. The molecule has 0 fully saturated rings. The number of halogens is 3. The fourth-order valence-electron chi connectivity index (χ4n) is 2.73. The van der Waals surface area contributed by atoms with E-state index in [1.54, 1.807) is 13.0 Å². The van der Waals surface area contributed by atoms with Gasteiger partial charge in [0.2, 0.25) is 0 Å². The summed E-state index contributed by atoms with van der Waals surface area (Å²) in [6.07, 6.45) is 1.53. The van der Waals surface area contributed by atoms with E-state index < -0.39 is 10.6 Å². The maximum absolute atomic E-state index is 13.7. The lowest BCUT2D eigenvalue weighted by molar-refractivity contribution is 0.0991. The van der Waals surface area contributed by atoms with E-state index in [1.807, 2.05) is 0 Å². The number of aliphatic hydroxyl groups excluding tert-OH is 1. The Hall–Kier alpha value is -2.25. The average molecular weight is 424 g/mol. The summed E-state index contributed by atoms with van der Waals surface area (Å²) in [5, 5.41) is 9.53. The van der Waals surface area contributed by atoms with Crippen molar-refractivity contribution >= 4 is 32.6 Å². The highest BCUT2D eigenvalue weighted by molar-refractivity contribution is 9.09. The highest BCUT2D eigenvalue weighted by Gasteiger charge is 2.25. The second kappa shape index (κ2) is 7.55. The summed E-state index contributed by atoms with van der Waals surface area (Å²) in [6.45, 7) is 1.38. The number of benzene rings is 2. The molecule has 4 nitrogen and oxygen atoms in total. The van der Waals surface area contributed by atoms with E-state index >= 15 is 0 Å². The molecule has 0 aliphatic rings. The third-order valence-electron chi connectivity index (χ3n) is 4.05. The molecule has 1 heterocycles. The minimum atomic E-state index is -0.791. The van der Waals surface area contributed by atoms with Crippen LogP contribution in [-0.4, -0.2) is 29.1 Å². The lowest BCUT2D eigenvalue weighted by Crippen LogP contribution is -2.10. The van der Waals surface area contributed by atoms with Crippen LogP contribution in [0.4, 0.5) is 8.78 Å². The van der Waals surface area contributed by atoms with Crippen LogP contribution in [0.5, 0.6) is 5.75 Å². The third-order valence-corrected chi connectivity index (χ3v) is 4.96. The van der Waals surface area contributed by atoms with Gasteiger partial charge in [0.1, 0.15) is 28.8 Å². The Kier molecular flexibility index (Phi) is 5.38. The molecule has 2 N–H and O–H groups in total. The molecule has 0 saturated carbocycles. The number of aryl methyl sites for hydroxylation is 1. The second-order valence-electron chi connectivity index (χ2n) is 5.83. The number of hydrogen-bond acceptors (Lipinski definition) is 3. The molecule has 1 atom stereocenters. The zero-order valence-corrected chi connectivity index (χ0v) is 15.4. The summed E-state index contributed by atoms with van der Waals surface area (Å²) in [6, 6.07) is 6.82. The smallest absolute Gasteiger partial charge is 0.183 e. The SMILES string of the molecule is Cc1cc2c(C(=O)C(Br)c3ccc(F)cc3OCCO)c[nH]c2cc1F. The van der Waals surface area contributed by atoms with Crippen molar-refractivity contribution in [1.82, 2.24) is 4.98 Å². The first kappa shape index (κ1) is 18.5. The third kappa shape index (κ3) is 3.50. The van der Waals surface area contributed by atoms with Crippen molar-refractivity contribution in [2.45, 2.75) is 11.8 Å². The van der Waals surface area contributed by atoms with Crippen LogP contribution in [0.25, 0.3) is 10.9 Å². The van der Waals surface area contributed by atoms with Crippen LogP contribution in [0.15, 0.2) is 36.5 Å². The van der Waals surface area contributed by atoms with Gasteiger partial charge in [-0.1, -0.05) is 22.0 Å². The number of aromatic amines is 1. The average Bonchev–Trinajstić information content (AvgIpc) is 3.01. The molecule has 2 aromatic carbocycles. The van der Waals surface area contributed by atoms with Gasteiger partial charge in [0.05, 0.1) is 6.61 Å². The van der Waals surface area contributed by atoms with Crippen molar-refractivity contribution in [1.29, 1.82) is 0 Å². The predicted octanol–water partition coefficient (Wildman–Crippen LogP) is 4.44. The molecular weight excluding hydrogens is 408 g/mol. The van der Waals surface area contributed by atoms with Gasteiger partial charge in [-0.3, -0.25) is 4.79 Å². The molecule has 1 unspecified atom stereocenters. The lowest BCUT2D eigenvalue weighted by atomic mass is 10.0. The van der Waals surface area contributed by atoms with Crippen molar-refractivity contribution in [2.75, 3.05) is 13.2 Å². The molecule has 26 heavy (non-hydrogen) atoms. The molecule has 1 aromatic heterocycles. The Morgan fingerprint density at radius 2 is 2.08 bits per heavy atom. The van der Waals surface area contributed by atoms with E-state index in [4.69, 9.17) is 9.84 Å². The molecule has 0 amide bonds. The number of H-pyrrole nitrogens is 1. The van der Waals surface area contributed by atoms with Crippen LogP contribution < -0.4 is 4.74 Å². The van der Waals surface area contributed by atoms with Gasteiger partial charge in [-0.15, -0.1) is 0 Å². The first-order valence-corrected chi connectivity index (χ1v) is 8.82. The highest BCUT2D eigenvalue weighted by Crippen LogP contribution is 2.36. The molecule has 0 spiro atoms. The second-order valence-corrected chi connectivity index (χ2v) is 6.75. The van der Waals surface area contributed by atoms with E-state index in [1.165, 1.54) is 30.5 Å². The number of carbonyl (C=O) groups excluding carboxylic acids is 1. The number of alkyl halides is 1. The fourth-order valence-corrected chi connectivity index (χ4v) is 3.36. The van der Waals surface area contributed by atoms with Gasteiger partial charge in [0.15, 0.2) is 5.78 Å². The van der Waals surface area contributed by atoms with E-state index in [-0.39, 0.29) is 30.6 Å². The van der Waals surface area contributed by atoms with Crippen LogP contribution in [-0.2, 0) is 0 Å². The summed E-state index contributed by atoms with van der Waals surface area (Å²) in [7, 11) is 0. The number of hydrogen-bond donors (Lipinski definition) is 2. The van der Waals surface area contributed by atoms with E-state index in [0.29, 0.717) is 27.6 Å². The summed E-state index contributed by atoms with van der Waals surface area (Å²) < 4.78 is 32.6. The number of ketones is 1. The molecule has 0 radical (unpaired) electrons. The number of carbonyl (C=O) groups is 1. The van der Waals surface area contributed by atoms with Gasteiger partial charge >= 0.3 is 0 Å². The number of rotatable bonds is 6. The normalized spacial score (nSPS) is 12.3. The Morgan fingerprint density at radius 3 is 2.81 bits per heavy atom. The summed E-state index contributed by atoms with van der Waals surface area (Å²) >= 11 is 3.36. The minimum absolute atomic E-state index is 0.0179. The van der Waals surface area contributed by atoms with Gasteiger partial charge in [-0.05, 0) is 30.7 Å². The summed E-state index contributed by atoms with van der Waals surface area (Å²) in [5.41, 5.74) is 1.79. The highest BCUT2D eigenvalue weighted by atomic mass is 79.9. The topological polar surface area (TPSA) is 62.3 Å². The molecule has 7 heteroatoms. The first-order valence-electron chi connectivity index (χ1n) is 7.91. The van der Waals surface area contributed by atoms with E-state index in [9.17, 15) is 13.6 Å². The van der Waals surface area contributed by atoms with Crippen LogP contribution in [0.3, 0.4) is 0 Å². The molecule has 0 aliphatic carbocycles. The van der Waals surface area contributed by atoms with Crippen molar-refractivity contribution in [3.63, 3.8) is 0 Å². The van der Waals surface area contributed by atoms with Gasteiger partial charge in [0, 0.05) is 34.3 Å². The zero-order valence-electron chi connectivity index (χ0n) is 13.9. The quantitative estimate of drug-likeness (QED) is 0.454. The van der Waals surface area contributed by atoms with Crippen LogP contribution >= 0.6 is 15.9 Å². The molecule has 0 saturated heterocycles. The minimum Gasteiger partial charge on any atom is -0.491 e. The Labute approximate surface area is 156 Å². The van der Waals surface area contributed by atoms with Gasteiger partial charge in [-0.2, -0.15) is 0 Å². The maximum atomic E-state index is 13.7.